The molecule has 0 aromatic heterocycles. The number of ether oxygens (including phenoxy) is 1. The largest absolute Gasteiger partial charge is 0.489 e. The molecule has 19 heavy (non-hydrogen) atoms. The van der Waals surface area contributed by atoms with Crippen LogP contribution in [0.5, 0.6) is 5.75 Å². The Kier molecular flexibility index (Phi) is 4.12. The summed E-state index contributed by atoms with van der Waals surface area (Å²) in [4.78, 5) is 0. The Balaban J connectivity index is 2.14. The fourth-order valence-electron chi connectivity index (χ4n) is 1.78. The molecule has 0 amide bonds. The smallest absolute Gasteiger partial charge is 0.135 e. The first-order valence-electron chi connectivity index (χ1n) is 5.91. The molecule has 0 heterocycles. The number of rotatable bonds is 4. The van der Waals surface area contributed by atoms with Gasteiger partial charge in [-0.3, -0.25) is 0 Å². The van der Waals surface area contributed by atoms with Crippen LogP contribution in [-0.2, 0) is 6.61 Å². The molecule has 0 bridgehead atoms. The molecule has 0 aliphatic heterocycles. The molecule has 1 N–H and O–H groups in total. The van der Waals surface area contributed by atoms with Gasteiger partial charge in [0.2, 0.25) is 0 Å². The van der Waals surface area contributed by atoms with E-state index in [0.29, 0.717) is 0 Å². The van der Waals surface area contributed by atoms with E-state index in [-0.39, 0.29) is 17.9 Å². The van der Waals surface area contributed by atoms with Crippen molar-refractivity contribution in [3.8, 4) is 5.75 Å². The first-order valence-corrected chi connectivity index (χ1v) is 5.91. The molecule has 1 atom stereocenters. The minimum absolute atomic E-state index is 0.100. The van der Waals surface area contributed by atoms with Gasteiger partial charge in [0.25, 0.3) is 0 Å². The van der Waals surface area contributed by atoms with Gasteiger partial charge in [0, 0.05) is 12.1 Å². The lowest BCUT2D eigenvalue weighted by Gasteiger charge is -2.11. The molecule has 0 fully saturated rings. The van der Waals surface area contributed by atoms with Crippen LogP contribution in [0.3, 0.4) is 0 Å². The molecule has 0 aliphatic carbocycles. The molecule has 2 rings (SSSR count). The molecular weight excluding hydrogens is 250 g/mol. The minimum Gasteiger partial charge on any atom is -0.489 e. The van der Waals surface area contributed by atoms with Gasteiger partial charge < -0.3 is 9.84 Å². The summed E-state index contributed by atoms with van der Waals surface area (Å²) in [6.45, 7) is 1.54. The van der Waals surface area contributed by atoms with Gasteiger partial charge in [-0.2, -0.15) is 0 Å². The van der Waals surface area contributed by atoms with Crippen LogP contribution >= 0.6 is 0 Å². The van der Waals surface area contributed by atoms with Gasteiger partial charge in [0.15, 0.2) is 0 Å². The van der Waals surface area contributed by atoms with Crippen LogP contribution in [0.25, 0.3) is 0 Å². The van der Waals surface area contributed by atoms with E-state index < -0.39 is 17.7 Å². The van der Waals surface area contributed by atoms with Gasteiger partial charge in [0.05, 0.1) is 11.7 Å². The van der Waals surface area contributed by atoms with E-state index in [2.05, 4.69) is 0 Å². The van der Waals surface area contributed by atoms with Crippen LogP contribution in [0.4, 0.5) is 8.78 Å². The van der Waals surface area contributed by atoms with Gasteiger partial charge >= 0.3 is 0 Å². The van der Waals surface area contributed by atoms with Gasteiger partial charge in [-0.15, -0.1) is 0 Å². The highest BCUT2D eigenvalue weighted by atomic mass is 19.1. The van der Waals surface area contributed by atoms with Crippen molar-refractivity contribution in [3.63, 3.8) is 0 Å². The second-order valence-electron chi connectivity index (χ2n) is 4.25. The van der Waals surface area contributed by atoms with Crippen molar-refractivity contribution in [3.05, 3.63) is 65.2 Å². The molecule has 0 radical (unpaired) electrons. The summed E-state index contributed by atoms with van der Waals surface area (Å²) in [6, 6.07) is 11.5. The number of halogens is 2. The molecular formula is C15H14F2O2. The van der Waals surface area contributed by atoms with Crippen molar-refractivity contribution in [2.75, 3.05) is 0 Å². The second-order valence-corrected chi connectivity index (χ2v) is 4.25. The number of aliphatic hydroxyl groups excluding tert-OH is 1. The lowest BCUT2D eigenvalue weighted by Crippen LogP contribution is -2.02. The van der Waals surface area contributed by atoms with E-state index in [4.69, 9.17) is 4.74 Å². The van der Waals surface area contributed by atoms with Gasteiger partial charge in [-0.05, 0) is 12.5 Å². The first kappa shape index (κ1) is 13.5. The molecule has 100 valence electrons. The molecule has 0 saturated heterocycles. The Hall–Kier alpha value is -1.94. The van der Waals surface area contributed by atoms with E-state index in [1.165, 1.54) is 6.92 Å². The van der Waals surface area contributed by atoms with Crippen molar-refractivity contribution < 1.29 is 18.6 Å². The summed E-state index contributed by atoms with van der Waals surface area (Å²) >= 11 is 0. The second kappa shape index (κ2) is 5.80. The fraction of sp³-hybridized carbons (Fsp3) is 0.200. The van der Waals surface area contributed by atoms with Crippen LogP contribution in [0.2, 0.25) is 0 Å². The SMILES string of the molecule is CC(O)c1c(F)cc(OCc2ccccc2)cc1F. The molecule has 0 aliphatic rings. The third kappa shape index (κ3) is 3.29. The average Bonchev–Trinajstić information content (AvgIpc) is 2.36. The zero-order valence-electron chi connectivity index (χ0n) is 10.4. The lowest BCUT2D eigenvalue weighted by molar-refractivity contribution is 0.188. The third-order valence-electron chi connectivity index (χ3n) is 2.72. The van der Waals surface area contributed by atoms with E-state index >= 15 is 0 Å². The van der Waals surface area contributed by atoms with E-state index in [9.17, 15) is 13.9 Å². The van der Waals surface area contributed by atoms with Crippen molar-refractivity contribution >= 4 is 0 Å². The van der Waals surface area contributed by atoms with E-state index in [1.54, 1.807) is 0 Å². The Bertz CT molecular complexity index is 530. The highest BCUT2D eigenvalue weighted by molar-refractivity contribution is 5.32. The van der Waals surface area contributed by atoms with E-state index in [0.717, 1.165) is 17.7 Å². The standard InChI is InChI=1S/C15H14F2O2/c1-10(18)15-13(16)7-12(8-14(15)17)19-9-11-5-3-2-4-6-11/h2-8,10,18H,9H2,1H3. The zero-order chi connectivity index (χ0) is 13.8. The van der Waals surface area contributed by atoms with Crippen molar-refractivity contribution in [2.24, 2.45) is 0 Å². The number of hydrogen-bond acceptors (Lipinski definition) is 2. The van der Waals surface area contributed by atoms with Gasteiger partial charge in [-0.1, -0.05) is 30.3 Å². The summed E-state index contributed by atoms with van der Waals surface area (Å²) in [6.07, 6.45) is -1.19. The summed E-state index contributed by atoms with van der Waals surface area (Å²) in [7, 11) is 0. The molecule has 2 aromatic carbocycles. The van der Waals surface area contributed by atoms with Gasteiger partial charge in [0.1, 0.15) is 24.0 Å². The fourth-order valence-corrected chi connectivity index (χ4v) is 1.78. The maximum absolute atomic E-state index is 13.6. The summed E-state index contributed by atoms with van der Waals surface area (Å²) in [5.74, 6) is -1.51. The van der Waals surface area contributed by atoms with Crippen molar-refractivity contribution in [2.45, 2.75) is 19.6 Å². The normalized spacial score (nSPS) is 12.2. The third-order valence-corrected chi connectivity index (χ3v) is 2.72. The predicted molar refractivity (Wildman–Crippen MR) is 67.8 cm³/mol. The zero-order valence-corrected chi connectivity index (χ0v) is 10.4. The highest BCUT2D eigenvalue weighted by Crippen LogP contribution is 2.26. The molecule has 1 unspecified atom stereocenters. The van der Waals surface area contributed by atoms with Crippen LogP contribution in [0.15, 0.2) is 42.5 Å². The van der Waals surface area contributed by atoms with E-state index in [1.807, 2.05) is 30.3 Å². The summed E-state index contributed by atoms with van der Waals surface area (Å²) in [5.41, 5.74) is 0.565. The predicted octanol–water partition coefficient (Wildman–Crippen LogP) is 3.60. The Morgan fingerprint density at radius 3 is 2.21 bits per heavy atom. The Labute approximate surface area is 110 Å². The Morgan fingerprint density at radius 1 is 1.11 bits per heavy atom. The molecule has 0 spiro atoms. The number of benzene rings is 2. The number of hydrogen-bond donors (Lipinski definition) is 1. The van der Waals surface area contributed by atoms with Crippen molar-refractivity contribution in [1.82, 2.24) is 0 Å². The molecule has 0 saturated carbocycles. The Morgan fingerprint density at radius 2 is 1.68 bits per heavy atom. The maximum Gasteiger partial charge on any atom is 0.135 e. The average molecular weight is 264 g/mol. The topological polar surface area (TPSA) is 29.5 Å². The van der Waals surface area contributed by atoms with Crippen LogP contribution in [-0.4, -0.2) is 5.11 Å². The van der Waals surface area contributed by atoms with Crippen LogP contribution in [0, 0.1) is 11.6 Å². The van der Waals surface area contributed by atoms with Gasteiger partial charge in [-0.25, -0.2) is 8.78 Å². The summed E-state index contributed by atoms with van der Waals surface area (Å²) in [5, 5.41) is 9.26. The molecule has 2 nitrogen and oxygen atoms in total. The maximum atomic E-state index is 13.6. The van der Waals surface area contributed by atoms with Crippen LogP contribution < -0.4 is 4.74 Å². The minimum atomic E-state index is -1.19. The lowest BCUT2D eigenvalue weighted by atomic mass is 10.1. The van der Waals surface area contributed by atoms with Crippen molar-refractivity contribution in [1.29, 1.82) is 0 Å². The molecule has 4 heteroatoms. The number of aliphatic hydroxyl groups is 1. The molecule has 2 aromatic rings. The summed E-state index contributed by atoms with van der Waals surface area (Å²) < 4.78 is 32.5. The van der Waals surface area contributed by atoms with Crippen LogP contribution in [0.1, 0.15) is 24.2 Å². The first-order chi connectivity index (χ1) is 9.08. The highest BCUT2D eigenvalue weighted by Gasteiger charge is 2.16. The quantitative estimate of drug-likeness (QED) is 0.914. The monoisotopic (exact) mass is 264 g/mol.